The van der Waals surface area contributed by atoms with Crippen LogP contribution in [0.1, 0.15) is 60.4 Å². The molecule has 3 heteroatoms. The van der Waals surface area contributed by atoms with E-state index in [9.17, 15) is 4.79 Å². The largest absolute Gasteiger partial charge is 0.345 e. The molecule has 0 spiro atoms. The van der Waals surface area contributed by atoms with Crippen LogP contribution in [0.5, 0.6) is 0 Å². The summed E-state index contributed by atoms with van der Waals surface area (Å²) in [6.45, 7) is 4.19. The lowest BCUT2D eigenvalue weighted by atomic mass is 9.87. The van der Waals surface area contributed by atoms with Crippen molar-refractivity contribution < 1.29 is 4.79 Å². The molecule has 1 aliphatic rings. The SMILES string of the molecule is Cc1ccc(C)c(C(NC(=O)C2CCCCC2)c2cccnc2)c1. The van der Waals surface area contributed by atoms with Crippen molar-refractivity contribution in [3.63, 3.8) is 0 Å². The molecule has 126 valence electrons. The number of nitrogens with one attached hydrogen (secondary N) is 1. The highest BCUT2D eigenvalue weighted by Gasteiger charge is 2.25. The molecule has 1 unspecified atom stereocenters. The summed E-state index contributed by atoms with van der Waals surface area (Å²) in [6, 6.07) is 10.3. The Balaban J connectivity index is 1.90. The standard InChI is InChI=1S/C21H26N2O/c1-15-10-11-16(2)19(13-15)20(18-9-6-12-22-14-18)23-21(24)17-7-4-3-5-8-17/h6,9-14,17,20H,3-5,7-8H2,1-2H3,(H,23,24). The number of aryl methyl sites for hydroxylation is 2. The van der Waals surface area contributed by atoms with Crippen LogP contribution in [0, 0.1) is 19.8 Å². The Hall–Kier alpha value is -2.16. The predicted octanol–water partition coefficient (Wildman–Crippen LogP) is 4.48. The van der Waals surface area contributed by atoms with Crippen LogP contribution in [0.4, 0.5) is 0 Å². The summed E-state index contributed by atoms with van der Waals surface area (Å²) in [5.41, 5.74) is 4.59. The van der Waals surface area contributed by atoms with Gasteiger partial charge in [0, 0.05) is 18.3 Å². The molecule has 1 amide bonds. The fourth-order valence-corrected chi connectivity index (χ4v) is 3.58. The first-order valence-electron chi connectivity index (χ1n) is 8.92. The Labute approximate surface area is 144 Å². The molecule has 1 atom stereocenters. The molecule has 1 heterocycles. The van der Waals surface area contributed by atoms with Gasteiger partial charge in [-0.2, -0.15) is 0 Å². The van der Waals surface area contributed by atoms with Crippen molar-refractivity contribution in [3.8, 4) is 0 Å². The van der Waals surface area contributed by atoms with Gasteiger partial charge in [-0.3, -0.25) is 9.78 Å². The van der Waals surface area contributed by atoms with E-state index in [0.717, 1.165) is 24.0 Å². The van der Waals surface area contributed by atoms with Gasteiger partial charge < -0.3 is 5.32 Å². The fraction of sp³-hybridized carbons (Fsp3) is 0.429. The summed E-state index contributed by atoms with van der Waals surface area (Å²) < 4.78 is 0. The average Bonchev–Trinajstić information content (AvgIpc) is 2.63. The third-order valence-corrected chi connectivity index (χ3v) is 5.03. The Morgan fingerprint density at radius 2 is 1.96 bits per heavy atom. The van der Waals surface area contributed by atoms with Crippen molar-refractivity contribution >= 4 is 5.91 Å². The second-order valence-corrected chi connectivity index (χ2v) is 6.92. The summed E-state index contributed by atoms with van der Waals surface area (Å²) in [5.74, 6) is 0.340. The molecule has 0 aliphatic heterocycles. The summed E-state index contributed by atoms with van der Waals surface area (Å²) in [6.07, 6.45) is 9.24. The summed E-state index contributed by atoms with van der Waals surface area (Å²) in [4.78, 5) is 17.1. The molecule has 3 rings (SSSR count). The van der Waals surface area contributed by atoms with Crippen molar-refractivity contribution in [2.24, 2.45) is 5.92 Å². The van der Waals surface area contributed by atoms with E-state index in [-0.39, 0.29) is 17.9 Å². The maximum absolute atomic E-state index is 12.8. The van der Waals surface area contributed by atoms with E-state index in [2.05, 4.69) is 42.3 Å². The first-order valence-corrected chi connectivity index (χ1v) is 8.92. The normalized spacial score (nSPS) is 16.6. The van der Waals surface area contributed by atoms with Crippen LogP contribution < -0.4 is 5.32 Å². The zero-order valence-corrected chi connectivity index (χ0v) is 14.6. The lowest BCUT2D eigenvalue weighted by Gasteiger charge is -2.26. The summed E-state index contributed by atoms with van der Waals surface area (Å²) in [7, 11) is 0. The van der Waals surface area contributed by atoms with Gasteiger partial charge in [0.05, 0.1) is 6.04 Å². The minimum atomic E-state index is -0.131. The maximum Gasteiger partial charge on any atom is 0.223 e. The van der Waals surface area contributed by atoms with Crippen LogP contribution in [-0.2, 0) is 4.79 Å². The molecule has 0 radical (unpaired) electrons. The maximum atomic E-state index is 12.8. The Morgan fingerprint density at radius 1 is 1.17 bits per heavy atom. The third kappa shape index (κ3) is 3.84. The number of amides is 1. The Morgan fingerprint density at radius 3 is 2.67 bits per heavy atom. The Kier molecular flexibility index (Phi) is 5.29. The van der Waals surface area contributed by atoms with Gasteiger partial charge in [-0.25, -0.2) is 0 Å². The molecular weight excluding hydrogens is 296 g/mol. The number of rotatable bonds is 4. The van der Waals surface area contributed by atoms with E-state index in [4.69, 9.17) is 0 Å². The van der Waals surface area contributed by atoms with Gasteiger partial charge in [0.25, 0.3) is 0 Å². The molecule has 1 saturated carbocycles. The van der Waals surface area contributed by atoms with Crippen molar-refractivity contribution in [2.75, 3.05) is 0 Å². The number of carbonyl (C=O) groups is 1. The van der Waals surface area contributed by atoms with Crippen molar-refractivity contribution in [3.05, 3.63) is 65.0 Å². The molecule has 1 N–H and O–H groups in total. The topological polar surface area (TPSA) is 42.0 Å². The molecule has 24 heavy (non-hydrogen) atoms. The summed E-state index contributed by atoms with van der Waals surface area (Å²) in [5, 5.41) is 3.31. The third-order valence-electron chi connectivity index (χ3n) is 5.03. The van der Waals surface area contributed by atoms with E-state index >= 15 is 0 Å². The second-order valence-electron chi connectivity index (χ2n) is 6.92. The molecule has 3 nitrogen and oxygen atoms in total. The molecule has 1 aliphatic carbocycles. The number of benzene rings is 1. The smallest absolute Gasteiger partial charge is 0.223 e. The number of aromatic nitrogens is 1. The van der Waals surface area contributed by atoms with Gasteiger partial charge in [0.2, 0.25) is 5.91 Å². The van der Waals surface area contributed by atoms with E-state index in [0.29, 0.717) is 0 Å². The van der Waals surface area contributed by atoms with Gasteiger partial charge in [-0.05, 0) is 49.4 Å². The molecule has 1 fully saturated rings. The van der Waals surface area contributed by atoms with Crippen molar-refractivity contribution in [1.29, 1.82) is 0 Å². The van der Waals surface area contributed by atoms with Crippen LogP contribution in [0.15, 0.2) is 42.7 Å². The van der Waals surface area contributed by atoms with E-state index in [1.807, 2.05) is 18.3 Å². The van der Waals surface area contributed by atoms with Crippen LogP contribution in [0.3, 0.4) is 0 Å². The molecule has 1 aromatic heterocycles. The van der Waals surface area contributed by atoms with E-state index in [1.165, 1.54) is 30.4 Å². The first-order chi connectivity index (χ1) is 11.6. The number of pyridine rings is 1. The quantitative estimate of drug-likeness (QED) is 0.901. The number of hydrogen-bond donors (Lipinski definition) is 1. The molecular formula is C21H26N2O. The first kappa shape index (κ1) is 16.7. The lowest BCUT2D eigenvalue weighted by Crippen LogP contribution is -2.35. The fourth-order valence-electron chi connectivity index (χ4n) is 3.58. The van der Waals surface area contributed by atoms with Crippen molar-refractivity contribution in [2.45, 2.75) is 52.0 Å². The molecule has 0 bridgehead atoms. The van der Waals surface area contributed by atoms with Gasteiger partial charge in [-0.1, -0.05) is 49.1 Å². The summed E-state index contributed by atoms with van der Waals surface area (Å²) >= 11 is 0. The second kappa shape index (κ2) is 7.61. The molecule has 0 saturated heterocycles. The molecule has 1 aromatic carbocycles. The zero-order valence-electron chi connectivity index (χ0n) is 14.6. The van der Waals surface area contributed by atoms with Crippen LogP contribution in [0.2, 0.25) is 0 Å². The van der Waals surface area contributed by atoms with E-state index < -0.39 is 0 Å². The average molecular weight is 322 g/mol. The lowest BCUT2D eigenvalue weighted by molar-refractivity contribution is -0.126. The highest BCUT2D eigenvalue weighted by molar-refractivity contribution is 5.79. The van der Waals surface area contributed by atoms with Gasteiger partial charge in [0.1, 0.15) is 0 Å². The monoisotopic (exact) mass is 322 g/mol. The van der Waals surface area contributed by atoms with Gasteiger partial charge in [0.15, 0.2) is 0 Å². The van der Waals surface area contributed by atoms with Crippen LogP contribution in [0.25, 0.3) is 0 Å². The van der Waals surface area contributed by atoms with Gasteiger partial charge >= 0.3 is 0 Å². The Bertz CT molecular complexity index is 690. The predicted molar refractivity (Wildman–Crippen MR) is 96.7 cm³/mol. The van der Waals surface area contributed by atoms with Crippen LogP contribution in [-0.4, -0.2) is 10.9 Å². The zero-order chi connectivity index (χ0) is 16.9. The molecule has 2 aromatic rings. The number of hydrogen-bond acceptors (Lipinski definition) is 2. The minimum Gasteiger partial charge on any atom is -0.345 e. The van der Waals surface area contributed by atoms with Crippen LogP contribution >= 0.6 is 0 Å². The minimum absolute atomic E-state index is 0.131. The number of nitrogens with zero attached hydrogens (tertiary/aromatic N) is 1. The highest BCUT2D eigenvalue weighted by Crippen LogP contribution is 2.28. The highest BCUT2D eigenvalue weighted by atomic mass is 16.1. The van der Waals surface area contributed by atoms with Crippen molar-refractivity contribution in [1.82, 2.24) is 10.3 Å². The number of carbonyl (C=O) groups excluding carboxylic acids is 1. The van der Waals surface area contributed by atoms with E-state index in [1.54, 1.807) is 6.20 Å². The van der Waals surface area contributed by atoms with Gasteiger partial charge in [-0.15, -0.1) is 0 Å².